The fourth-order valence-corrected chi connectivity index (χ4v) is 1.22. The molecule has 0 aliphatic carbocycles. The van der Waals surface area contributed by atoms with Gasteiger partial charge in [-0.2, -0.15) is 0 Å². The van der Waals surface area contributed by atoms with Gasteiger partial charge in [-0.25, -0.2) is 0 Å². The summed E-state index contributed by atoms with van der Waals surface area (Å²) in [5.41, 5.74) is 1.13. The van der Waals surface area contributed by atoms with E-state index in [1.165, 1.54) is 0 Å². The molecule has 0 unspecified atom stereocenters. The van der Waals surface area contributed by atoms with Crippen molar-refractivity contribution in [2.75, 3.05) is 0 Å². The third kappa shape index (κ3) is 2.31. The molecule has 0 spiro atoms. The molecule has 0 amide bonds. The number of carbonyl (C=O) groups is 1. The summed E-state index contributed by atoms with van der Waals surface area (Å²) in [6, 6.07) is 7.64. The van der Waals surface area contributed by atoms with Gasteiger partial charge in [0, 0.05) is 0 Å². The number of rotatable bonds is 0. The lowest BCUT2D eigenvalue weighted by molar-refractivity contribution is -0.135. The van der Waals surface area contributed by atoms with Gasteiger partial charge in [0.05, 0.1) is 6.42 Å². The number of fused-ring (bicyclic) bond motifs is 1. The summed E-state index contributed by atoms with van der Waals surface area (Å²) in [4.78, 5) is 10.8. The third-order valence-corrected chi connectivity index (χ3v) is 1.79. The van der Waals surface area contributed by atoms with Gasteiger partial charge in [0.25, 0.3) is 0 Å². The first-order chi connectivity index (χ1) is 6.36. The molecule has 2 heteroatoms. The van der Waals surface area contributed by atoms with Gasteiger partial charge >= 0.3 is 5.97 Å². The van der Waals surface area contributed by atoms with Crippen molar-refractivity contribution >= 4 is 5.97 Å². The molecular weight excluding hydrogens is 164 g/mol. The summed E-state index contributed by atoms with van der Waals surface area (Å²) in [5.74, 6) is 0.604. The van der Waals surface area contributed by atoms with Crippen LogP contribution >= 0.6 is 0 Å². The largest absolute Gasteiger partial charge is 0.426 e. The summed E-state index contributed by atoms with van der Waals surface area (Å²) in [7, 11) is 0. The van der Waals surface area contributed by atoms with E-state index in [1.807, 2.05) is 38.1 Å². The maximum absolute atomic E-state index is 10.8. The topological polar surface area (TPSA) is 26.3 Å². The van der Waals surface area contributed by atoms with Crippen molar-refractivity contribution in [3.63, 3.8) is 0 Å². The number of hydrogen-bond acceptors (Lipinski definition) is 2. The van der Waals surface area contributed by atoms with Crippen LogP contribution in [0.1, 0.15) is 25.8 Å². The van der Waals surface area contributed by atoms with E-state index in [1.54, 1.807) is 0 Å². The highest BCUT2D eigenvalue weighted by Gasteiger charge is 2.15. The van der Waals surface area contributed by atoms with Crippen LogP contribution in [-0.2, 0) is 11.2 Å². The second kappa shape index (κ2) is 4.65. The molecule has 1 aromatic carbocycles. The van der Waals surface area contributed by atoms with Crippen LogP contribution in [0.15, 0.2) is 24.3 Å². The Bertz CT molecular complexity index is 292. The normalized spacial score (nSPS) is 13.5. The van der Waals surface area contributed by atoms with E-state index in [0.717, 1.165) is 17.7 Å². The number of carbonyl (C=O) groups excluding carboxylic acids is 1. The minimum absolute atomic E-state index is 0.122. The van der Waals surface area contributed by atoms with E-state index in [2.05, 4.69) is 0 Å². The number of aryl methyl sites for hydroxylation is 1. The van der Waals surface area contributed by atoms with E-state index in [4.69, 9.17) is 4.74 Å². The van der Waals surface area contributed by atoms with Crippen LogP contribution in [-0.4, -0.2) is 5.97 Å². The van der Waals surface area contributed by atoms with Gasteiger partial charge in [-0.3, -0.25) is 4.79 Å². The van der Waals surface area contributed by atoms with Crippen LogP contribution < -0.4 is 4.74 Å². The molecule has 1 heterocycles. The Hall–Kier alpha value is -1.31. The molecule has 0 aromatic heterocycles. The summed E-state index contributed by atoms with van der Waals surface area (Å²) < 4.78 is 4.99. The number of para-hydroxylation sites is 1. The van der Waals surface area contributed by atoms with Gasteiger partial charge in [0.15, 0.2) is 0 Å². The molecule has 13 heavy (non-hydrogen) atoms. The van der Waals surface area contributed by atoms with Gasteiger partial charge in [-0.15, -0.1) is 0 Å². The Balaban J connectivity index is 0.000000396. The van der Waals surface area contributed by atoms with Gasteiger partial charge in [0.2, 0.25) is 0 Å². The first-order valence-electron chi connectivity index (χ1n) is 4.65. The molecule has 1 aliphatic rings. The minimum atomic E-state index is -0.122. The smallest absolute Gasteiger partial charge is 0.311 e. The zero-order valence-electron chi connectivity index (χ0n) is 8.04. The Morgan fingerprint density at radius 3 is 2.62 bits per heavy atom. The Kier molecular flexibility index (Phi) is 3.50. The lowest BCUT2D eigenvalue weighted by atomic mass is 10.1. The quantitative estimate of drug-likeness (QED) is 0.451. The van der Waals surface area contributed by atoms with Crippen molar-refractivity contribution in [1.82, 2.24) is 0 Å². The number of hydrogen-bond donors (Lipinski definition) is 0. The average Bonchev–Trinajstić information content (AvgIpc) is 2.21. The van der Waals surface area contributed by atoms with Crippen molar-refractivity contribution in [2.24, 2.45) is 0 Å². The molecule has 0 atom stereocenters. The van der Waals surface area contributed by atoms with Crippen LogP contribution in [0.2, 0.25) is 0 Å². The molecule has 2 rings (SSSR count). The average molecular weight is 178 g/mol. The summed E-state index contributed by atoms with van der Waals surface area (Å²) in [6.45, 7) is 4.00. The Labute approximate surface area is 78.5 Å². The van der Waals surface area contributed by atoms with Crippen LogP contribution in [0.3, 0.4) is 0 Å². The van der Waals surface area contributed by atoms with E-state index in [9.17, 15) is 4.79 Å². The van der Waals surface area contributed by atoms with E-state index >= 15 is 0 Å². The number of ether oxygens (including phenoxy) is 1. The van der Waals surface area contributed by atoms with E-state index in [0.29, 0.717) is 6.42 Å². The minimum Gasteiger partial charge on any atom is -0.426 e. The van der Waals surface area contributed by atoms with Crippen LogP contribution in [0.5, 0.6) is 5.75 Å². The zero-order chi connectivity index (χ0) is 9.68. The Morgan fingerprint density at radius 2 is 1.85 bits per heavy atom. The second-order valence-electron chi connectivity index (χ2n) is 2.58. The predicted molar refractivity (Wildman–Crippen MR) is 51.7 cm³/mol. The van der Waals surface area contributed by atoms with Crippen LogP contribution in [0.4, 0.5) is 0 Å². The van der Waals surface area contributed by atoms with Crippen molar-refractivity contribution in [2.45, 2.75) is 26.7 Å². The summed E-state index contributed by atoms with van der Waals surface area (Å²) in [6.07, 6.45) is 1.33. The molecule has 2 nitrogen and oxygen atoms in total. The first kappa shape index (κ1) is 9.78. The molecule has 0 bridgehead atoms. The molecule has 70 valence electrons. The maximum Gasteiger partial charge on any atom is 0.311 e. The monoisotopic (exact) mass is 178 g/mol. The lowest BCUT2D eigenvalue weighted by Crippen LogP contribution is -2.15. The SMILES string of the molecule is CC.O=C1CCc2ccccc2O1. The number of esters is 1. The fraction of sp³-hybridized carbons (Fsp3) is 0.364. The van der Waals surface area contributed by atoms with Crippen molar-refractivity contribution in [3.8, 4) is 5.75 Å². The van der Waals surface area contributed by atoms with Crippen LogP contribution in [0, 0.1) is 0 Å². The van der Waals surface area contributed by atoms with Crippen molar-refractivity contribution in [3.05, 3.63) is 29.8 Å². The highest BCUT2D eigenvalue weighted by molar-refractivity contribution is 5.75. The standard InChI is InChI=1S/C9H8O2.C2H6/c10-9-6-5-7-3-1-2-4-8(7)11-9;1-2/h1-4H,5-6H2;1-2H3. The van der Waals surface area contributed by atoms with Crippen molar-refractivity contribution < 1.29 is 9.53 Å². The van der Waals surface area contributed by atoms with Gasteiger partial charge in [-0.05, 0) is 18.1 Å². The molecule has 0 N–H and O–H groups in total. The lowest BCUT2D eigenvalue weighted by Gasteiger charge is -2.13. The first-order valence-corrected chi connectivity index (χ1v) is 4.65. The summed E-state index contributed by atoms with van der Waals surface area (Å²) >= 11 is 0. The highest BCUT2D eigenvalue weighted by Crippen LogP contribution is 2.23. The molecule has 0 radical (unpaired) electrons. The molecular formula is C11H14O2. The molecule has 0 fully saturated rings. The van der Waals surface area contributed by atoms with Gasteiger partial charge < -0.3 is 4.74 Å². The van der Waals surface area contributed by atoms with Crippen LogP contribution in [0.25, 0.3) is 0 Å². The molecule has 1 aliphatic heterocycles. The van der Waals surface area contributed by atoms with E-state index in [-0.39, 0.29) is 5.97 Å². The maximum atomic E-state index is 10.8. The molecule has 0 saturated carbocycles. The second-order valence-corrected chi connectivity index (χ2v) is 2.58. The summed E-state index contributed by atoms with van der Waals surface area (Å²) in [5, 5.41) is 0. The molecule has 0 saturated heterocycles. The predicted octanol–water partition coefficient (Wildman–Crippen LogP) is 2.56. The zero-order valence-corrected chi connectivity index (χ0v) is 8.04. The highest BCUT2D eigenvalue weighted by atomic mass is 16.5. The Morgan fingerprint density at radius 1 is 1.15 bits per heavy atom. The number of benzene rings is 1. The van der Waals surface area contributed by atoms with E-state index < -0.39 is 0 Å². The fourth-order valence-electron chi connectivity index (χ4n) is 1.22. The third-order valence-electron chi connectivity index (χ3n) is 1.79. The van der Waals surface area contributed by atoms with Gasteiger partial charge in [0.1, 0.15) is 5.75 Å². The van der Waals surface area contributed by atoms with Crippen molar-refractivity contribution in [1.29, 1.82) is 0 Å². The molecule has 1 aromatic rings. The van der Waals surface area contributed by atoms with Gasteiger partial charge in [-0.1, -0.05) is 32.0 Å².